The number of anilines is 1. The molecule has 8 nitrogen and oxygen atoms in total. The zero-order chi connectivity index (χ0) is 24.5. The number of hydrogen-bond acceptors (Lipinski definition) is 5. The van der Waals surface area contributed by atoms with Crippen molar-refractivity contribution in [1.82, 2.24) is 15.1 Å². The molecule has 2 heterocycles. The largest absolute Gasteiger partial charge is 0.461 e. The van der Waals surface area contributed by atoms with Crippen LogP contribution in [0.2, 0.25) is 5.02 Å². The van der Waals surface area contributed by atoms with Gasteiger partial charge >= 0.3 is 5.97 Å². The molecule has 9 heteroatoms. The number of halogens is 1. The molecular weight excluding hydrogens is 456 g/mol. The molecule has 2 aromatic carbocycles. The molecule has 1 aliphatic heterocycles. The van der Waals surface area contributed by atoms with Gasteiger partial charge in [0.25, 0.3) is 5.91 Å². The minimum atomic E-state index is -1.34. The molecule has 0 spiro atoms. The van der Waals surface area contributed by atoms with E-state index in [1.54, 1.807) is 39.0 Å². The number of carbonyl (C=O) groups excluding carboxylic acids is 3. The van der Waals surface area contributed by atoms with Gasteiger partial charge in [-0.25, -0.2) is 4.79 Å². The van der Waals surface area contributed by atoms with Crippen LogP contribution >= 0.6 is 11.6 Å². The van der Waals surface area contributed by atoms with E-state index in [4.69, 9.17) is 16.3 Å². The van der Waals surface area contributed by atoms with Crippen molar-refractivity contribution in [3.8, 4) is 0 Å². The van der Waals surface area contributed by atoms with Crippen molar-refractivity contribution in [3.63, 3.8) is 0 Å². The van der Waals surface area contributed by atoms with Gasteiger partial charge in [-0.1, -0.05) is 48.0 Å². The lowest BCUT2D eigenvalue weighted by atomic mass is 9.93. The van der Waals surface area contributed by atoms with Crippen molar-refractivity contribution in [2.75, 3.05) is 11.5 Å². The third kappa shape index (κ3) is 4.17. The molecule has 0 saturated heterocycles. The first-order chi connectivity index (χ1) is 16.3. The smallest absolute Gasteiger partial charge is 0.358 e. The highest BCUT2D eigenvalue weighted by atomic mass is 35.5. The Balaban J connectivity index is 1.77. The Hall–Kier alpha value is -3.65. The summed E-state index contributed by atoms with van der Waals surface area (Å²) in [5.74, 6) is -1.45. The van der Waals surface area contributed by atoms with Crippen molar-refractivity contribution >= 4 is 35.1 Å². The third-order valence-electron chi connectivity index (χ3n) is 5.90. The van der Waals surface area contributed by atoms with Gasteiger partial charge in [0.05, 0.1) is 13.2 Å². The average molecular weight is 481 g/mol. The van der Waals surface area contributed by atoms with Crippen LogP contribution < -0.4 is 10.2 Å². The van der Waals surface area contributed by atoms with Crippen molar-refractivity contribution in [1.29, 1.82) is 0 Å². The number of nitrogens with one attached hydrogen (secondary N) is 1. The summed E-state index contributed by atoms with van der Waals surface area (Å²) in [6.45, 7) is 5.69. The number of aromatic nitrogens is 2. The van der Waals surface area contributed by atoms with Crippen LogP contribution in [0.15, 0.2) is 54.6 Å². The minimum absolute atomic E-state index is 0.0157. The molecule has 3 aromatic rings. The monoisotopic (exact) mass is 480 g/mol. The Morgan fingerprint density at radius 3 is 2.62 bits per heavy atom. The second-order valence-electron chi connectivity index (χ2n) is 8.26. The number of carbonyl (C=O) groups is 3. The van der Waals surface area contributed by atoms with Gasteiger partial charge in [0.2, 0.25) is 5.91 Å². The Labute approximate surface area is 202 Å². The quantitative estimate of drug-likeness (QED) is 0.542. The number of hydrogen-bond donors (Lipinski definition) is 1. The van der Waals surface area contributed by atoms with E-state index in [2.05, 4.69) is 10.4 Å². The van der Waals surface area contributed by atoms with Crippen molar-refractivity contribution < 1.29 is 19.1 Å². The molecule has 0 saturated carbocycles. The van der Waals surface area contributed by atoms with E-state index in [9.17, 15) is 14.4 Å². The van der Waals surface area contributed by atoms with Crippen LogP contribution in [0.25, 0.3) is 0 Å². The van der Waals surface area contributed by atoms with Crippen LogP contribution in [0.5, 0.6) is 0 Å². The normalized spacial score (nSPS) is 17.3. The maximum atomic E-state index is 13.8. The van der Waals surface area contributed by atoms with E-state index in [-0.39, 0.29) is 30.4 Å². The first kappa shape index (κ1) is 23.5. The van der Waals surface area contributed by atoms with Crippen LogP contribution in [0.4, 0.5) is 5.69 Å². The summed E-state index contributed by atoms with van der Waals surface area (Å²) in [6, 6.07) is 16.1. The van der Waals surface area contributed by atoms with E-state index in [1.165, 1.54) is 15.6 Å². The first-order valence-corrected chi connectivity index (χ1v) is 11.3. The molecule has 0 aliphatic carbocycles. The predicted octanol–water partition coefficient (Wildman–Crippen LogP) is 3.76. The SMILES string of the molecule is CCOC(=O)c1cc2n(n1)CC(C)(C(=O)NCc1ccccc1)N(c1cccc(Cl)c1C)C2=O. The molecule has 1 aromatic heterocycles. The van der Waals surface area contributed by atoms with Gasteiger partial charge in [0.15, 0.2) is 5.69 Å². The number of fused-ring (bicyclic) bond motifs is 1. The lowest BCUT2D eigenvalue weighted by Gasteiger charge is -2.43. The summed E-state index contributed by atoms with van der Waals surface area (Å²) in [4.78, 5) is 41.1. The summed E-state index contributed by atoms with van der Waals surface area (Å²) in [5, 5.41) is 7.69. The zero-order valence-corrected chi connectivity index (χ0v) is 19.9. The number of amides is 2. The molecule has 176 valence electrons. The van der Waals surface area contributed by atoms with Gasteiger partial charge in [-0.2, -0.15) is 5.10 Å². The summed E-state index contributed by atoms with van der Waals surface area (Å²) >= 11 is 6.36. The fourth-order valence-corrected chi connectivity index (χ4v) is 4.24. The number of esters is 1. The van der Waals surface area contributed by atoms with E-state index in [0.29, 0.717) is 22.8 Å². The molecule has 4 rings (SSSR count). The molecule has 1 aliphatic rings. The molecule has 1 atom stereocenters. The first-order valence-electron chi connectivity index (χ1n) is 10.9. The maximum Gasteiger partial charge on any atom is 0.358 e. The van der Waals surface area contributed by atoms with E-state index in [1.807, 2.05) is 30.3 Å². The zero-order valence-electron chi connectivity index (χ0n) is 19.2. The van der Waals surface area contributed by atoms with Crippen molar-refractivity contribution in [3.05, 3.63) is 82.1 Å². The van der Waals surface area contributed by atoms with E-state index < -0.39 is 17.4 Å². The number of nitrogens with zero attached hydrogens (tertiary/aromatic N) is 3. The lowest BCUT2D eigenvalue weighted by molar-refractivity contribution is -0.126. The maximum absolute atomic E-state index is 13.8. The van der Waals surface area contributed by atoms with Crippen LogP contribution in [0.1, 0.15) is 46.0 Å². The van der Waals surface area contributed by atoms with Crippen molar-refractivity contribution in [2.24, 2.45) is 0 Å². The Kier molecular flexibility index (Phi) is 6.43. The fraction of sp³-hybridized carbons (Fsp3) is 0.280. The number of benzene rings is 2. The predicted molar refractivity (Wildman–Crippen MR) is 128 cm³/mol. The summed E-state index contributed by atoms with van der Waals surface area (Å²) in [5.41, 5.74) is 0.971. The molecule has 34 heavy (non-hydrogen) atoms. The summed E-state index contributed by atoms with van der Waals surface area (Å²) in [6.07, 6.45) is 0. The molecule has 2 amide bonds. The van der Waals surface area contributed by atoms with Gasteiger partial charge in [-0.05, 0) is 44.0 Å². The lowest BCUT2D eigenvalue weighted by Crippen LogP contribution is -2.64. The van der Waals surface area contributed by atoms with Gasteiger partial charge in [-0.3, -0.25) is 19.2 Å². The fourth-order valence-electron chi connectivity index (χ4n) is 4.07. The molecule has 0 bridgehead atoms. The average Bonchev–Trinajstić information content (AvgIpc) is 3.25. The van der Waals surface area contributed by atoms with Crippen LogP contribution in [-0.2, 0) is 22.6 Å². The van der Waals surface area contributed by atoms with Crippen molar-refractivity contribution in [2.45, 2.75) is 39.4 Å². The Bertz CT molecular complexity index is 1260. The van der Waals surface area contributed by atoms with Gasteiger partial charge in [0, 0.05) is 23.3 Å². The second-order valence-corrected chi connectivity index (χ2v) is 8.67. The molecule has 0 fully saturated rings. The third-order valence-corrected chi connectivity index (χ3v) is 6.31. The standard InChI is InChI=1S/C25H25ClN4O4/c1-4-34-23(32)19-13-21-22(31)30(20-12-8-11-18(26)16(20)2)25(3,15-29(21)28-19)24(33)27-14-17-9-6-5-7-10-17/h5-13H,4,14-15H2,1-3H3,(H,27,33). The van der Waals surface area contributed by atoms with Gasteiger partial charge in [-0.15, -0.1) is 0 Å². The number of rotatable bonds is 6. The van der Waals surface area contributed by atoms with Gasteiger partial charge in [0.1, 0.15) is 11.2 Å². The Morgan fingerprint density at radius 2 is 1.91 bits per heavy atom. The van der Waals surface area contributed by atoms with Crippen LogP contribution in [-0.4, -0.2) is 39.7 Å². The molecule has 1 unspecified atom stereocenters. The van der Waals surface area contributed by atoms with Gasteiger partial charge < -0.3 is 10.1 Å². The highest BCUT2D eigenvalue weighted by Gasteiger charge is 2.49. The summed E-state index contributed by atoms with van der Waals surface area (Å²) in [7, 11) is 0. The van der Waals surface area contributed by atoms with Crippen LogP contribution in [0, 0.1) is 6.92 Å². The van der Waals surface area contributed by atoms with E-state index >= 15 is 0 Å². The second kappa shape index (κ2) is 9.30. The Morgan fingerprint density at radius 1 is 1.18 bits per heavy atom. The summed E-state index contributed by atoms with van der Waals surface area (Å²) < 4.78 is 6.43. The minimum Gasteiger partial charge on any atom is -0.461 e. The molecule has 0 radical (unpaired) electrons. The highest BCUT2D eigenvalue weighted by Crippen LogP contribution is 2.36. The number of ether oxygens (including phenoxy) is 1. The topological polar surface area (TPSA) is 93.5 Å². The van der Waals surface area contributed by atoms with E-state index in [0.717, 1.165) is 5.56 Å². The highest BCUT2D eigenvalue weighted by molar-refractivity contribution is 6.32. The molecule has 1 N–H and O–H groups in total. The molecular formula is C25H25ClN4O4. The van der Waals surface area contributed by atoms with Crippen LogP contribution in [0.3, 0.4) is 0 Å².